The lowest BCUT2D eigenvalue weighted by Gasteiger charge is -2.32. The first kappa shape index (κ1) is 14.5. The number of hydrogen-bond acceptors (Lipinski definition) is 2. The van der Waals surface area contributed by atoms with Crippen molar-refractivity contribution in [1.82, 2.24) is 0 Å². The minimum atomic E-state index is -0.221. The van der Waals surface area contributed by atoms with Gasteiger partial charge in [0, 0.05) is 18.8 Å². The second-order valence-corrected chi connectivity index (χ2v) is 4.93. The average Bonchev–Trinajstić information content (AvgIpc) is 2.46. The van der Waals surface area contributed by atoms with Crippen LogP contribution in [0.1, 0.15) is 24.1 Å². The Morgan fingerprint density at radius 1 is 1.15 bits per heavy atom. The molecule has 0 amide bonds. The minimum absolute atomic E-state index is 0.0154. The van der Waals surface area contributed by atoms with Gasteiger partial charge in [-0.3, -0.25) is 0 Å². The highest BCUT2D eigenvalue weighted by molar-refractivity contribution is 5.50. The molecule has 2 aromatic rings. The summed E-state index contributed by atoms with van der Waals surface area (Å²) in [5.41, 5.74) is 9.18. The second kappa shape index (κ2) is 6.53. The van der Waals surface area contributed by atoms with E-state index in [9.17, 15) is 4.39 Å². The van der Waals surface area contributed by atoms with Gasteiger partial charge in [-0.25, -0.2) is 4.39 Å². The van der Waals surface area contributed by atoms with Gasteiger partial charge in [-0.15, -0.1) is 0 Å². The van der Waals surface area contributed by atoms with Gasteiger partial charge in [-0.1, -0.05) is 29.8 Å². The maximum absolute atomic E-state index is 13.4. The first-order valence-electron chi connectivity index (χ1n) is 6.94. The van der Waals surface area contributed by atoms with E-state index in [2.05, 4.69) is 43.0 Å². The van der Waals surface area contributed by atoms with Gasteiger partial charge >= 0.3 is 0 Å². The predicted octanol–water partition coefficient (Wildman–Crippen LogP) is 3.66. The molecule has 0 bridgehead atoms. The summed E-state index contributed by atoms with van der Waals surface area (Å²) < 4.78 is 13.4. The van der Waals surface area contributed by atoms with E-state index in [-0.39, 0.29) is 11.9 Å². The SMILES string of the molecule is CCN(c1ccc(C)cc1)C(CN)c1cccc(F)c1. The van der Waals surface area contributed by atoms with Crippen LogP contribution in [-0.4, -0.2) is 13.1 Å². The average molecular weight is 272 g/mol. The number of nitrogens with two attached hydrogens (primary N) is 1. The first-order valence-corrected chi connectivity index (χ1v) is 6.94. The van der Waals surface area contributed by atoms with E-state index in [4.69, 9.17) is 5.73 Å². The maximum atomic E-state index is 13.4. The van der Waals surface area contributed by atoms with E-state index in [1.54, 1.807) is 12.1 Å². The van der Waals surface area contributed by atoms with E-state index >= 15 is 0 Å². The van der Waals surface area contributed by atoms with Crippen molar-refractivity contribution >= 4 is 5.69 Å². The van der Waals surface area contributed by atoms with Gasteiger partial charge in [0.1, 0.15) is 5.82 Å². The Hall–Kier alpha value is -1.87. The molecule has 106 valence electrons. The number of likely N-dealkylation sites (N-methyl/N-ethyl adjacent to an activating group) is 1. The molecular weight excluding hydrogens is 251 g/mol. The number of nitrogens with zero attached hydrogens (tertiary/aromatic N) is 1. The normalized spacial score (nSPS) is 12.2. The topological polar surface area (TPSA) is 29.3 Å². The van der Waals surface area contributed by atoms with E-state index in [1.807, 2.05) is 6.07 Å². The molecule has 0 aliphatic heterocycles. The Bertz CT molecular complexity index is 551. The Kier molecular flexibility index (Phi) is 4.74. The molecule has 2 aromatic carbocycles. The zero-order valence-electron chi connectivity index (χ0n) is 12.0. The molecule has 20 heavy (non-hydrogen) atoms. The van der Waals surface area contributed by atoms with Crippen LogP contribution in [0.4, 0.5) is 10.1 Å². The lowest BCUT2D eigenvalue weighted by Crippen LogP contribution is -2.33. The van der Waals surface area contributed by atoms with E-state index in [0.717, 1.165) is 17.8 Å². The molecule has 0 fully saturated rings. The van der Waals surface area contributed by atoms with Crippen LogP contribution in [0.5, 0.6) is 0 Å². The lowest BCUT2D eigenvalue weighted by molar-refractivity contribution is 0.607. The van der Waals surface area contributed by atoms with Gasteiger partial charge in [0.25, 0.3) is 0 Å². The minimum Gasteiger partial charge on any atom is -0.363 e. The highest BCUT2D eigenvalue weighted by Crippen LogP contribution is 2.27. The van der Waals surface area contributed by atoms with Crippen molar-refractivity contribution < 1.29 is 4.39 Å². The first-order chi connectivity index (χ1) is 9.65. The fourth-order valence-electron chi connectivity index (χ4n) is 2.48. The van der Waals surface area contributed by atoms with Crippen LogP contribution < -0.4 is 10.6 Å². The van der Waals surface area contributed by atoms with Crippen LogP contribution in [0.15, 0.2) is 48.5 Å². The summed E-state index contributed by atoms with van der Waals surface area (Å²) >= 11 is 0. The summed E-state index contributed by atoms with van der Waals surface area (Å²) in [6, 6.07) is 15.0. The summed E-state index contributed by atoms with van der Waals surface area (Å²) in [7, 11) is 0. The van der Waals surface area contributed by atoms with Gasteiger partial charge in [-0.05, 0) is 43.7 Å². The molecule has 1 unspecified atom stereocenters. The smallest absolute Gasteiger partial charge is 0.123 e. The standard InChI is InChI=1S/C17H21FN2/c1-3-20(16-9-7-13(2)8-10-16)17(12-19)14-5-4-6-15(18)11-14/h4-11,17H,3,12,19H2,1-2H3. The van der Waals surface area contributed by atoms with Crippen molar-refractivity contribution in [2.24, 2.45) is 5.73 Å². The van der Waals surface area contributed by atoms with Gasteiger partial charge in [-0.2, -0.15) is 0 Å². The number of rotatable bonds is 5. The molecule has 0 radical (unpaired) electrons. The van der Waals surface area contributed by atoms with E-state index in [0.29, 0.717) is 6.54 Å². The van der Waals surface area contributed by atoms with Crippen LogP contribution in [0.3, 0.4) is 0 Å². The van der Waals surface area contributed by atoms with Crippen molar-refractivity contribution in [3.05, 3.63) is 65.5 Å². The molecule has 2 nitrogen and oxygen atoms in total. The number of aryl methyl sites for hydroxylation is 1. The summed E-state index contributed by atoms with van der Waals surface area (Å²) in [6.45, 7) is 5.42. The molecule has 0 saturated carbocycles. The number of halogens is 1. The zero-order chi connectivity index (χ0) is 14.5. The third-order valence-corrected chi connectivity index (χ3v) is 3.54. The Morgan fingerprint density at radius 2 is 1.85 bits per heavy atom. The molecular formula is C17H21FN2. The second-order valence-electron chi connectivity index (χ2n) is 4.93. The zero-order valence-corrected chi connectivity index (χ0v) is 12.0. The molecule has 0 aromatic heterocycles. The number of hydrogen-bond donors (Lipinski definition) is 1. The Morgan fingerprint density at radius 3 is 2.40 bits per heavy atom. The molecule has 0 heterocycles. The van der Waals surface area contributed by atoms with Crippen molar-refractivity contribution in [1.29, 1.82) is 0 Å². The largest absolute Gasteiger partial charge is 0.363 e. The highest BCUT2D eigenvalue weighted by atomic mass is 19.1. The Labute approximate surface area is 120 Å². The van der Waals surface area contributed by atoms with Crippen molar-refractivity contribution in [2.45, 2.75) is 19.9 Å². The summed E-state index contributed by atoms with van der Waals surface area (Å²) in [5, 5.41) is 0. The molecule has 0 aliphatic rings. The summed E-state index contributed by atoms with van der Waals surface area (Å²) in [4.78, 5) is 2.20. The van der Waals surface area contributed by atoms with Crippen LogP contribution >= 0.6 is 0 Å². The fraction of sp³-hybridized carbons (Fsp3) is 0.294. The van der Waals surface area contributed by atoms with Gasteiger partial charge in [0.05, 0.1) is 6.04 Å². The van der Waals surface area contributed by atoms with Crippen molar-refractivity contribution in [3.63, 3.8) is 0 Å². The van der Waals surface area contributed by atoms with Gasteiger partial charge in [0.15, 0.2) is 0 Å². The molecule has 2 N–H and O–H groups in total. The highest BCUT2D eigenvalue weighted by Gasteiger charge is 2.18. The van der Waals surface area contributed by atoms with E-state index < -0.39 is 0 Å². The van der Waals surface area contributed by atoms with Crippen LogP contribution in [0, 0.1) is 12.7 Å². The summed E-state index contributed by atoms with van der Waals surface area (Å²) in [6.07, 6.45) is 0. The molecule has 0 saturated heterocycles. The summed E-state index contributed by atoms with van der Waals surface area (Å²) in [5.74, 6) is -0.221. The van der Waals surface area contributed by atoms with Crippen LogP contribution in [0.2, 0.25) is 0 Å². The lowest BCUT2D eigenvalue weighted by atomic mass is 10.0. The number of benzene rings is 2. The molecule has 3 heteroatoms. The molecule has 2 rings (SSSR count). The van der Waals surface area contributed by atoms with Gasteiger partial charge < -0.3 is 10.6 Å². The molecule has 1 atom stereocenters. The third kappa shape index (κ3) is 3.17. The maximum Gasteiger partial charge on any atom is 0.123 e. The fourth-order valence-corrected chi connectivity index (χ4v) is 2.48. The third-order valence-electron chi connectivity index (χ3n) is 3.54. The van der Waals surface area contributed by atoms with Gasteiger partial charge in [0.2, 0.25) is 0 Å². The van der Waals surface area contributed by atoms with E-state index in [1.165, 1.54) is 11.6 Å². The number of anilines is 1. The quantitative estimate of drug-likeness (QED) is 0.900. The van der Waals surface area contributed by atoms with Crippen LogP contribution in [-0.2, 0) is 0 Å². The predicted molar refractivity (Wildman–Crippen MR) is 82.4 cm³/mol. The van der Waals surface area contributed by atoms with Crippen molar-refractivity contribution in [2.75, 3.05) is 18.0 Å². The monoisotopic (exact) mass is 272 g/mol. The Balaban J connectivity index is 2.34. The van der Waals surface area contributed by atoms with Crippen molar-refractivity contribution in [3.8, 4) is 0 Å². The molecule has 0 aliphatic carbocycles. The van der Waals surface area contributed by atoms with Crippen LogP contribution in [0.25, 0.3) is 0 Å². The molecule has 0 spiro atoms.